The third kappa shape index (κ3) is 2.15. The number of nitrogens with one attached hydrogen (secondary N) is 1. The summed E-state index contributed by atoms with van der Waals surface area (Å²) < 4.78 is 11.1. The lowest BCUT2D eigenvalue weighted by Crippen LogP contribution is -2.26. The van der Waals surface area contributed by atoms with Crippen LogP contribution in [0.3, 0.4) is 0 Å². The average Bonchev–Trinajstić information content (AvgIpc) is 2.12. The summed E-state index contributed by atoms with van der Waals surface area (Å²) in [5, 5.41) is 3.45. The van der Waals surface area contributed by atoms with Crippen molar-refractivity contribution in [2.24, 2.45) is 0 Å². The van der Waals surface area contributed by atoms with E-state index in [1.54, 1.807) is 6.26 Å². The molecule has 1 fully saturated rings. The highest BCUT2D eigenvalue weighted by molar-refractivity contribution is 7.84. The second-order valence-corrected chi connectivity index (χ2v) is 5.13. The zero-order valence-electron chi connectivity index (χ0n) is 8.32. The number of hydrogen-bond acceptors (Lipinski definition) is 2. The van der Waals surface area contributed by atoms with Crippen LogP contribution < -0.4 is 5.32 Å². The second-order valence-electron chi connectivity index (χ2n) is 3.75. The third-order valence-electron chi connectivity index (χ3n) is 2.66. The fraction of sp³-hybridized carbons (Fsp3) is 0.455. The van der Waals surface area contributed by atoms with Gasteiger partial charge in [-0.3, -0.25) is 4.21 Å². The molecule has 0 aromatic heterocycles. The first-order valence-corrected chi connectivity index (χ1v) is 6.51. The summed E-state index contributed by atoms with van der Waals surface area (Å²) >= 11 is 0. The van der Waals surface area contributed by atoms with Crippen LogP contribution in [0.25, 0.3) is 0 Å². The van der Waals surface area contributed by atoms with Crippen molar-refractivity contribution in [2.75, 3.05) is 11.6 Å². The molecule has 2 rings (SSSR count). The van der Waals surface area contributed by atoms with Gasteiger partial charge in [0.15, 0.2) is 0 Å². The van der Waals surface area contributed by atoms with Gasteiger partial charge in [0.2, 0.25) is 0 Å². The summed E-state index contributed by atoms with van der Waals surface area (Å²) in [4.78, 5) is 0.893. The Balaban J connectivity index is 2.01. The normalized spacial score (nSPS) is 18.6. The lowest BCUT2D eigenvalue weighted by atomic mass is 9.93. The molecular formula is C11H15NOS. The standard InChI is InChI=1S/C11H15NOS/c1-14(13)11-7-5-10(6-8-11)12-9-3-2-4-9/h5-9,12H,2-4H2,1H3. The van der Waals surface area contributed by atoms with Crippen LogP contribution in [0.4, 0.5) is 5.69 Å². The molecule has 1 atom stereocenters. The van der Waals surface area contributed by atoms with Gasteiger partial charge in [-0.05, 0) is 43.5 Å². The Kier molecular flexibility index (Phi) is 2.87. The fourth-order valence-corrected chi connectivity index (χ4v) is 2.05. The zero-order chi connectivity index (χ0) is 9.97. The highest BCUT2D eigenvalue weighted by Gasteiger charge is 2.16. The van der Waals surface area contributed by atoms with Crippen molar-refractivity contribution in [3.05, 3.63) is 24.3 Å². The maximum atomic E-state index is 11.1. The van der Waals surface area contributed by atoms with Crippen LogP contribution in [-0.4, -0.2) is 16.5 Å². The minimum Gasteiger partial charge on any atom is -0.382 e. The Bertz CT molecular complexity index is 330. The van der Waals surface area contributed by atoms with E-state index in [2.05, 4.69) is 5.32 Å². The minimum absolute atomic E-state index is 0.660. The van der Waals surface area contributed by atoms with Gasteiger partial charge in [0, 0.05) is 33.7 Å². The van der Waals surface area contributed by atoms with E-state index in [9.17, 15) is 4.21 Å². The van der Waals surface area contributed by atoms with Gasteiger partial charge in [-0.1, -0.05) is 0 Å². The number of rotatable bonds is 3. The quantitative estimate of drug-likeness (QED) is 0.828. The SMILES string of the molecule is CS(=O)c1ccc(NC2CCC2)cc1. The van der Waals surface area contributed by atoms with Crippen LogP contribution in [0.5, 0.6) is 0 Å². The molecule has 76 valence electrons. The summed E-state index contributed by atoms with van der Waals surface area (Å²) in [5.74, 6) is 0. The van der Waals surface area contributed by atoms with Crippen LogP contribution in [0, 0.1) is 0 Å². The van der Waals surface area contributed by atoms with Gasteiger partial charge in [0.1, 0.15) is 0 Å². The Morgan fingerprint density at radius 2 is 1.93 bits per heavy atom. The van der Waals surface area contributed by atoms with Gasteiger partial charge >= 0.3 is 0 Å². The first-order valence-electron chi connectivity index (χ1n) is 4.96. The Labute approximate surface area is 87.2 Å². The van der Waals surface area contributed by atoms with Gasteiger partial charge < -0.3 is 5.32 Å². The molecule has 1 unspecified atom stereocenters. The molecule has 0 aliphatic heterocycles. The monoisotopic (exact) mass is 209 g/mol. The Morgan fingerprint density at radius 3 is 2.36 bits per heavy atom. The van der Waals surface area contributed by atoms with E-state index in [0.29, 0.717) is 6.04 Å². The van der Waals surface area contributed by atoms with Crippen molar-refractivity contribution < 1.29 is 4.21 Å². The molecule has 0 spiro atoms. The molecule has 0 saturated heterocycles. The first kappa shape index (κ1) is 9.71. The number of benzene rings is 1. The van der Waals surface area contributed by atoms with Gasteiger partial charge in [0.05, 0.1) is 0 Å². The summed E-state index contributed by atoms with van der Waals surface area (Å²) in [6.07, 6.45) is 5.60. The molecule has 14 heavy (non-hydrogen) atoms. The molecule has 1 aliphatic rings. The zero-order valence-corrected chi connectivity index (χ0v) is 9.14. The first-order chi connectivity index (χ1) is 6.75. The molecule has 0 amide bonds. The summed E-state index contributed by atoms with van der Waals surface area (Å²) in [6.45, 7) is 0. The molecule has 1 aromatic carbocycles. The van der Waals surface area contributed by atoms with Crippen LogP contribution in [0.2, 0.25) is 0 Å². The van der Waals surface area contributed by atoms with Crippen LogP contribution in [-0.2, 0) is 10.8 Å². The average molecular weight is 209 g/mol. The highest BCUT2D eigenvalue weighted by Crippen LogP contribution is 2.23. The van der Waals surface area contributed by atoms with E-state index >= 15 is 0 Å². The van der Waals surface area contributed by atoms with E-state index in [0.717, 1.165) is 10.6 Å². The second kappa shape index (κ2) is 4.13. The molecule has 1 aromatic rings. The van der Waals surface area contributed by atoms with Crippen LogP contribution in [0.15, 0.2) is 29.2 Å². The highest BCUT2D eigenvalue weighted by atomic mass is 32.2. The minimum atomic E-state index is -0.865. The van der Waals surface area contributed by atoms with Crippen molar-refractivity contribution in [2.45, 2.75) is 30.2 Å². The van der Waals surface area contributed by atoms with E-state index in [1.165, 1.54) is 19.3 Å². The number of hydrogen-bond donors (Lipinski definition) is 1. The molecular weight excluding hydrogens is 194 g/mol. The van der Waals surface area contributed by atoms with Gasteiger partial charge in [-0.2, -0.15) is 0 Å². The Hall–Kier alpha value is -0.830. The van der Waals surface area contributed by atoms with Gasteiger partial charge in [-0.15, -0.1) is 0 Å². The van der Waals surface area contributed by atoms with E-state index in [1.807, 2.05) is 24.3 Å². The summed E-state index contributed by atoms with van der Waals surface area (Å²) in [5.41, 5.74) is 1.14. The molecule has 0 radical (unpaired) electrons. The van der Waals surface area contributed by atoms with Crippen LogP contribution in [0.1, 0.15) is 19.3 Å². The van der Waals surface area contributed by atoms with Gasteiger partial charge in [0.25, 0.3) is 0 Å². The lowest BCUT2D eigenvalue weighted by Gasteiger charge is -2.27. The van der Waals surface area contributed by atoms with Crippen LogP contribution >= 0.6 is 0 Å². The maximum Gasteiger partial charge on any atom is 0.0498 e. The molecule has 2 nitrogen and oxygen atoms in total. The molecule has 1 N–H and O–H groups in total. The van der Waals surface area contributed by atoms with E-state index in [4.69, 9.17) is 0 Å². The van der Waals surface area contributed by atoms with E-state index < -0.39 is 10.8 Å². The fourth-order valence-electron chi connectivity index (χ4n) is 1.53. The lowest BCUT2D eigenvalue weighted by molar-refractivity contribution is 0.445. The van der Waals surface area contributed by atoms with Crippen molar-refractivity contribution in [3.8, 4) is 0 Å². The largest absolute Gasteiger partial charge is 0.382 e. The summed E-state index contributed by atoms with van der Waals surface area (Å²) in [6, 6.07) is 8.53. The van der Waals surface area contributed by atoms with E-state index in [-0.39, 0.29) is 0 Å². The van der Waals surface area contributed by atoms with Crippen molar-refractivity contribution >= 4 is 16.5 Å². The molecule has 0 bridgehead atoms. The topological polar surface area (TPSA) is 29.1 Å². The maximum absolute atomic E-state index is 11.1. The number of anilines is 1. The van der Waals surface area contributed by atoms with Crippen molar-refractivity contribution in [1.82, 2.24) is 0 Å². The smallest absolute Gasteiger partial charge is 0.0498 e. The predicted molar refractivity (Wildman–Crippen MR) is 60.0 cm³/mol. The Morgan fingerprint density at radius 1 is 1.29 bits per heavy atom. The molecule has 1 saturated carbocycles. The molecule has 1 aliphatic carbocycles. The molecule has 0 heterocycles. The predicted octanol–water partition coefficient (Wildman–Crippen LogP) is 2.39. The third-order valence-corrected chi connectivity index (χ3v) is 3.60. The van der Waals surface area contributed by atoms with Gasteiger partial charge in [-0.25, -0.2) is 0 Å². The molecule has 3 heteroatoms. The van der Waals surface area contributed by atoms with Crippen molar-refractivity contribution in [3.63, 3.8) is 0 Å². The summed E-state index contributed by atoms with van der Waals surface area (Å²) in [7, 11) is -0.865. The van der Waals surface area contributed by atoms with Crippen molar-refractivity contribution in [1.29, 1.82) is 0 Å².